The summed E-state index contributed by atoms with van der Waals surface area (Å²) in [5.41, 5.74) is 3.62. The highest BCUT2D eigenvalue weighted by molar-refractivity contribution is 7.80. The molecule has 3 heterocycles. The number of ether oxygens (including phenoxy) is 2. The molecule has 2 atom stereocenters. The Morgan fingerprint density at radius 1 is 1.08 bits per heavy atom. The number of halogens is 1. The Hall–Kier alpha value is -3.92. The predicted molar refractivity (Wildman–Crippen MR) is 149 cm³/mol. The number of methoxy groups -OCH3 is 1. The van der Waals surface area contributed by atoms with Gasteiger partial charge in [-0.25, -0.2) is 4.79 Å². The summed E-state index contributed by atoms with van der Waals surface area (Å²) in [6.07, 6.45) is 3.70. The molecule has 0 aliphatic carbocycles. The minimum Gasteiger partial charge on any atom is -0.490 e. The molecule has 0 amide bonds. The summed E-state index contributed by atoms with van der Waals surface area (Å²) in [6.45, 7) is 0.842. The van der Waals surface area contributed by atoms with E-state index in [1.165, 1.54) is 0 Å². The third-order valence-electron chi connectivity index (χ3n) is 6.31. The van der Waals surface area contributed by atoms with Crippen molar-refractivity contribution in [3.8, 4) is 11.4 Å². The van der Waals surface area contributed by atoms with E-state index >= 15 is 0 Å². The monoisotopic (exact) mass is 548 g/mol. The molecule has 38 heavy (non-hydrogen) atoms. The zero-order valence-corrected chi connectivity index (χ0v) is 22.0. The average molecular weight is 549 g/mol. The van der Waals surface area contributed by atoms with Crippen molar-refractivity contribution < 1.29 is 19.4 Å². The van der Waals surface area contributed by atoms with Crippen LogP contribution in [0.1, 0.15) is 33.8 Å². The first-order valence-electron chi connectivity index (χ1n) is 11.9. The van der Waals surface area contributed by atoms with E-state index in [9.17, 15) is 9.90 Å². The van der Waals surface area contributed by atoms with Gasteiger partial charge in [0.25, 0.3) is 0 Å². The van der Waals surface area contributed by atoms with E-state index in [2.05, 4.69) is 10.3 Å². The van der Waals surface area contributed by atoms with Gasteiger partial charge in [0.1, 0.15) is 18.4 Å². The van der Waals surface area contributed by atoms with Crippen LogP contribution in [0.3, 0.4) is 0 Å². The van der Waals surface area contributed by atoms with E-state index in [0.717, 1.165) is 22.8 Å². The highest BCUT2D eigenvalue weighted by Crippen LogP contribution is 2.43. The van der Waals surface area contributed by atoms with Gasteiger partial charge < -0.3 is 29.4 Å². The molecule has 8 nitrogen and oxygen atoms in total. The van der Waals surface area contributed by atoms with Gasteiger partial charge in [-0.1, -0.05) is 17.7 Å². The van der Waals surface area contributed by atoms with Crippen molar-refractivity contribution in [1.82, 2.24) is 14.9 Å². The maximum atomic E-state index is 11.4. The molecule has 1 aliphatic heterocycles. The molecule has 10 heteroatoms. The van der Waals surface area contributed by atoms with Gasteiger partial charge in [-0.2, -0.15) is 0 Å². The lowest BCUT2D eigenvalue weighted by Crippen LogP contribution is -2.30. The van der Waals surface area contributed by atoms with Crippen LogP contribution in [-0.4, -0.2) is 46.1 Å². The lowest BCUT2D eigenvalue weighted by Gasteiger charge is -2.29. The number of hydrogen-bond acceptors (Lipinski definition) is 5. The van der Waals surface area contributed by atoms with Gasteiger partial charge in [0.15, 0.2) is 5.11 Å². The maximum absolute atomic E-state index is 11.4. The molecule has 0 radical (unpaired) electrons. The van der Waals surface area contributed by atoms with E-state index in [4.69, 9.17) is 33.3 Å². The van der Waals surface area contributed by atoms with Gasteiger partial charge in [0.2, 0.25) is 0 Å². The number of nitrogens with zero attached hydrogens (tertiary/aromatic N) is 3. The Morgan fingerprint density at radius 2 is 1.87 bits per heavy atom. The van der Waals surface area contributed by atoms with Crippen molar-refractivity contribution in [3.05, 3.63) is 107 Å². The van der Waals surface area contributed by atoms with Gasteiger partial charge in [-0.3, -0.25) is 4.98 Å². The molecule has 1 saturated heterocycles. The Labute approximate surface area is 230 Å². The van der Waals surface area contributed by atoms with Crippen LogP contribution in [0.5, 0.6) is 5.75 Å². The summed E-state index contributed by atoms with van der Waals surface area (Å²) in [7, 11) is 1.61. The van der Waals surface area contributed by atoms with E-state index in [0.29, 0.717) is 29.1 Å². The predicted octanol–water partition coefficient (Wildman–Crippen LogP) is 5.43. The quantitative estimate of drug-likeness (QED) is 0.211. The van der Waals surface area contributed by atoms with Crippen molar-refractivity contribution >= 4 is 40.6 Å². The lowest BCUT2D eigenvalue weighted by atomic mass is 10.0. The molecule has 5 rings (SSSR count). The fourth-order valence-electron chi connectivity index (χ4n) is 4.56. The van der Waals surface area contributed by atoms with Gasteiger partial charge in [-0.05, 0) is 78.9 Å². The standard InChI is InChI=1S/C28H25ClN4O4S/c1-36-15-16-37-24-12-11-20(17-21(24)29)33-26(25(31-28(33)38)22-5-2-3-13-30-22)23-6-4-14-32(23)19-9-7-18(8-10-19)27(34)35/h2-14,17,25-26H,15-16H2,1H3,(H,31,38)(H,34,35)/t25-,26-/m0/s1. The first kappa shape index (κ1) is 25.7. The Kier molecular flexibility index (Phi) is 7.59. The van der Waals surface area contributed by atoms with Gasteiger partial charge in [0.05, 0.1) is 28.9 Å². The molecule has 1 fully saturated rings. The molecule has 2 aromatic heterocycles. The van der Waals surface area contributed by atoms with Crippen LogP contribution in [0.2, 0.25) is 5.02 Å². The van der Waals surface area contributed by atoms with Crippen LogP contribution in [0, 0.1) is 0 Å². The van der Waals surface area contributed by atoms with E-state index in [1.54, 1.807) is 37.6 Å². The lowest BCUT2D eigenvalue weighted by molar-refractivity contribution is 0.0697. The third kappa shape index (κ3) is 5.08. The number of thiocarbonyl (C=S) groups is 1. The number of benzene rings is 2. The smallest absolute Gasteiger partial charge is 0.335 e. The van der Waals surface area contributed by atoms with Crippen LogP contribution in [0.25, 0.3) is 5.69 Å². The average Bonchev–Trinajstić information content (AvgIpc) is 3.54. The van der Waals surface area contributed by atoms with Crippen molar-refractivity contribution in [3.63, 3.8) is 0 Å². The number of pyridine rings is 1. The number of anilines is 1. The molecule has 194 valence electrons. The maximum Gasteiger partial charge on any atom is 0.335 e. The summed E-state index contributed by atoms with van der Waals surface area (Å²) in [5.74, 6) is -0.409. The fourth-order valence-corrected chi connectivity index (χ4v) is 5.14. The van der Waals surface area contributed by atoms with Gasteiger partial charge >= 0.3 is 5.97 Å². The number of rotatable bonds is 9. The first-order valence-corrected chi connectivity index (χ1v) is 12.7. The highest BCUT2D eigenvalue weighted by Gasteiger charge is 2.42. The second kappa shape index (κ2) is 11.2. The summed E-state index contributed by atoms with van der Waals surface area (Å²) in [6, 6.07) is 21.6. The Balaban J connectivity index is 1.57. The van der Waals surface area contributed by atoms with Crippen molar-refractivity contribution in [2.75, 3.05) is 25.2 Å². The fraction of sp³-hybridized carbons (Fsp3) is 0.179. The first-order chi connectivity index (χ1) is 18.5. The van der Waals surface area contributed by atoms with Crippen LogP contribution < -0.4 is 15.0 Å². The minimum atomic E-state index is -0.970. The number of aromatic nitrogens is 2. The number of hydrogen-bond donors (Lipinski definition) is 2. The summed E-state index contributed by atoms with van der Waals surface area (Å²) in [4.78, 5) is 18.0. The molecule has 2 aromatic carbocycles. The SMILES string of the molecule is COCCOc1ccc(N2C(=S)N[C@@H](c3ccccn3)[C@@H]2c2cccn2-c2ccc(C(=O)O)cc2)cc1Cl. The summed E-state index contributed by atoms with van der Waals surface area (Å²) >= 11 is 12.4. The second-order valence-electron chi connectivity index (χ2n) is 8.61. The normalized spacial score (nSPS) is 16.9. The Bertz CT molecular complexity index is 1450. The van der Waals surface area contributed by atoms with Crippen LogP contribution in [-0.2, 0) is 4.74 Å². The van der Waals surface area contributed by atoms with Crippen molar-refractivity contribution in [2.45, 2.75) is 12.1 Å². The molecular weight excluding hydrogens is 524 g/mol. The number of carboxylic acids is 1. The zero-order chi connectivity index (χ0) is 26.6. The van der Waals surface area contributed by atoms with Crippen molar-refractivity contribution in [2.24, 2.45) is 0 Å². The molecule has 2 N–H and O–H groups in total. The van der Waals surface area contributed by atoms with E-state index < -0.39 is 5.97 Å². The molecule has 0 unspecified atom stereocenters. The van der Waals surface area contributed by atoms with Gasteiger partial charge in [0, 0.05) is 36.6 Å². The number of nitrogens with one attached hydrogen (secondary N) is 1. The largest absolute Gasteiger partial charge is 0.490 e. The zero-order valence-electron chi connectivity index (χ0n) is 20.5. The van der Waals surface area contributed by atoms with Gasteiger partial charge in [-0.15, -0.1) is 0 Å². The van der Waals surface area contributed by atoms with E-state index in [1.807, 2.05) is 64.2 Å². The number of carboxylic acid groups (broad SMARTS) is 1. The van der Waals surface area contributed by atoms with Crippen molar-refractivity contribution in [1.29, 1.82) is 0 Å². The van der Waals surface area contributed by atoms with Crippen LogP contribution in [0.15, 0.2) is 85.2 Å². The van der Waals surface area contributed by atoms with Crippen LogP contribution >= 0.6 is 23.8 Å². The molecule has 1 aliphatic rings. The molecule has 4 aromatic rings. The molecule has 0 saturated carbocycles. The van der Waals surface area contributed by atoms with E-state index in [-0.39, 0.29) is 17.6 Å². The van der Waals surface area contributed by atoms with Crippen LogP contribution in [0.4, 0.5) is 5.69 Å². The minimum absolute atomic E-state index is 0.224. The third-order valence-corrected chi connectivity index (χ3v) is 6.92. The molecule has 0 spiro atoms. The summed E-state index contributed by atoms with van der Waals surface area (Å²) in [5, 5.41) is 13.8. The topological polar surface area (TPSA) is 88.9 Å². The molecule has 0 bridgehead atoms. The Morgan fingerprint density at radius 3 is 2.55 bits per heavy atom. The number of carbonyl (C=O) groups is 1. The number of aromatic carboxylic acids is 1. The molecular formula is C28H25ClN4O4S. The highest BCUT2D eigenvalue weighted by atomic mass is 35.5. The second-order valence-corrected chi connectivity index (χ2v) is 9.40. The summed E-state index contributed by atoms with van der Waals surface area (Å²) < 4.78 is 12.8.